The van der Waals surface area contributed by atoms with Crippen LogP contribution < -0.4 is 0 Å². The van der Waals surface area contributed by atoms with E-state index in [-0.39, 0.29) is 6.04 Å². The van der Waals surface area contributed by atoms with Gasteiger partial charge in [-0.05, 0) is 37.3 Å². The third-order valence-electron chi connectivity index (χ3n) is 5.32. The minimum atomic E-state index is -0.703. The highest BCUT2D eigenvalue weighted by molar-refractivity contribution is 6.30. The van der Waals surface area contributed by atoms with Gasteiger partial charge in [-0.2, -0.15) is 0 Å². The van der Waals surface area contributed by atoms with Crippen molar-refractivity contribution in [1.29, 1.82) is 0 Å². The molecule has 0 bridgehead atoms. The molecule has 3 heterocycles. The molecule has 1 aliphatic heterocycles. The van der Waals surface area contributed by atoms with Gasteiger partial charge in [0, 0.05) is 25.0 Å². The summed E-state index contributed by atoms with van der Waals surface area (Å²) in [5.41, 5.74) is 1.75. The Morgan fingerprint density at radius 3 is 2.96 bits per heavy atom. The Bertz CT molecular complexity index is 745. The number of aromatic nitrogens is 2. The Kier molecular flexibility index (Phi) is 3.77. The Balaban J connectivity index is 1.62. The van der Waals surface area contributed by atoms with E-state index >= 15 is 0 Å². The SMILES string of the molecule is O=C(O)C1CC2CCCCC2N1Cc1cn2cc(Cl)ccc2n1. The number of nitrogens with zero attached hydrogens (tertiary/aromatic N) is 3. The topological polar surface area (TPSA) is 57.8 Å². The number of fused-ring (bicyclic) bond motifs is 2. The Morgan fingerprint density at radius 2 is 2.13 bits per heavy atom. The minimum Gasteiger partial charge on any atom is -0.480 e. The Labute approximate surface area is 139 Å². The van der Waals surface area contributed by atoms with Crippen molar-refractivity contribution in [2.45, 2.75) is 50.7 Å². The predicted molar refractivity (Wildman–Crippen MR) is 87.5 cm³/mol. The molecular formula is C17H20ClN3O2. The van der Waals surface area contributed by atoms with Crippen molar-refractivity contribution in [2.75, 3.05) is 0 Å². The number of pyridine rings is 1. The third kappa shape index (κ3) is 2.72. The second kappa shape index (κ2) is 5.80. The number of halogens is 1. The van der Waals surface area contributed by atoms with Crippen LogP contribution in [0, 0.1) is 5.92 Å². The van der Waals surface area contributed by atoms with E-state index < -0.39 is 5.97 Å². The zero-order valence-electron chi connectivity index (χ0n) is 12.9. The van der Waals surface area contributed by atoms with Gasteiger partial charge in [0.05, 0.1) is 10.7 Å². The molecule has 6 heteroatoms. The van der Waals surface area contributed by atoms with Gasteiger partial charge in [-0.25, -0.2) is 4.98 Å². The lowest BCUT2D eigenvalue weighted by Gasteiger charge is -2.32. The highest BCUT2D eigenvalue weighted by Gasteiger charge is 2.45. The van der Waals surface area contributed by atoms with E-state index in [1.54, 1.807) is 0 Å². The number of aliphatic carboxylic acids is 1. The molecule has 0 spiro atoms. The molecule has 1 N–H and O–H groups in total. The van der Waals surface area contributed by atoms with E-state index in [4.69, 9.17) is 11.6 Å². The van der Waals surface area contributed by atoms with Crippen LogP contribution >= 0.6 is 11.6 Å². The molecule has 2 aromatic rings. The number of carbonyl (C=O) groups is 1. The largest absolute Gasteiger partial charge is 0.480 e. The average molecular weight is 334 g/mol. The summed E-state index contributed by atoms with van der Waals surface area (Å²) in [5.74, 6) is -0.178. The molecule has 2 fully saturated rings. The van der Waals surface area contributed by atoms with Crippen LogP contribution in [0.25, 0.3) is 5.65 Å². The summed E-state index contributed by atoms with van der Waals surface area (Å²) in [6.45, 7) is 0.595. The third-order valence-corrected chi connectivity index (χ3v) is 5.54. The first-order chi connectivity index (χ1) is 11.1. The zero-order chi connectivity index (χ0) is 16.0. The van der Waals surface area contributed by atoms with Gasteiger partial charge >= 0.3 is 5.97 Å². The molecule has 4 rings (SSSR count). The number of carboxylic acids is 1. The smallest absolute Gasteiger partial charge is 0.320 e. The Hall–Kier alpha value is -1.59. The fraction of sp³-hybridized carbons (Fsp3) is 0.529. The highest BCUT2D eigenvalue weighted by atomic mass is 35.5. The number of imidazole rings is 1. The van der Waals surface area contributed by atoms with Crippen LogP contribution in [0.2, 0.25) is 5.02 Å². The lowest BCUT2D eigenvalue weighted by molar-refractivity contribution is -0.142. The monoisotopic (exact) mass is 333 g/mol. The van der Waals surface area contributed by atoms with Crippen molar-refractivity contribution < 1.29 is 9.90 Å². The van der Waals surface area contributed by atoms with Crippen molar-refractivity contribution in [3.8, 4) is 0 Å². The van der Waals surface area contributed by atoms with E-state index in [0.29, 0.717) is 23.5 Å². The summed E-state index contributed by atoms with van der Waals surface area (Å²) in [7, 11) is 0. The zero-order valence-corrected chi connectivity index (χ0v) is 13.6. The fourth-order valence-electron chi connectivity index (χ4n) is 4.30. The number of hydrogen-bond acceptors (Lipinski definition) is 3. The van der Waals surface area contributed by atoms with E-state index in [1.165, 1.54) is 12.8 Å². The van der Waals surface area contributed by atoms with Crippen LogP contribution in [-0.2, 0) is 11.3 Å². The lowest BCUT2D eigenvalue weighted by Crippen LogP contribution is -2.41. The summed E-state index contributed by atoms with van der Waals surface area (Å²) >= 11 is 6.02. The van der Waals surface area contributed by atoms with Crippen LogP contribution in [0.3, 0.4) is 0 Å². The molecule has 5 nitrogen and oxygen atoms in total. The molecule has 1 saturated carbocycles. The van der Waals surface area contributed by atoms with Gasteiger partial charge < -0.3 is 9.51 Å². The van der Waals surface area contributed by atoms with Crippen LogP contribution in [-0.4, -0.2) is 37.4 Å². The fourth-order valence-corrected chi connectivity index (χ4v) is 4.47. The molecule has 2 aromatic heterocycles. The van der Waals surface area contributed by atoms with Crippen LogP contribution in [0.4, 0.5) is 0 Å². The molecule has 122 valence electrons. The highest BCUT2D eigenvalue weighted by Crippen LogP contribution is 2.40. The second-order valence-electron chi connectivity index (χ2n) is 6.72. The number of likely N-dealkylation sites (tertiary alicyclic amines) is 1. The quantitative estimate of drug-likeness (QED) is 0.937. The normalized spacial score (nSPS) is 28.1. The molecule has 3 unspecified atom stereocenters. The molecule has 1 aliphatic carbocycles. The van der Waals surface area contributed by atoms with Gasteiger partial charge in [-0.1, -0.05) is 24.4 Å². The van der Waals surface area contributed by atoms with Gasteiger partial charge in [-0.15, -0.1) is 0 Å². The summed E-state index contributed by atoms with van der Waals surface area (Å²) in [6.07, 6.45) is 9.25. The van der Waals surface area contributed by atoms with Crippen molar-refractivity contribution in [1.82, 2.24) is 14.3 Å². The second-order valence-corrected chi connectivity index (χ2v) is 7.16. The number of hydrogen-bond donors (Lipinski definition) is 1. The molecule has 1 saturated heterocycles. The minimum absolute atomic E-state index is 0.378. The van der Waals surface area contributed by atoms with Crippen molar-refractivity contribution >= 4 is 23.2 Å². The van der Waals surface area contributed by atoms with Crippen LogP contribution in [0.1, 0.15) is 37.8 Å². The first-order valence-corrected chi connectivity index (χ1v) is 8.61. The average Bonchev–Trinajstić information content (AvgIpc) is 3.08. The van der Waals surface area contributed by atoms with Gasteiger partial charge in [0.2, 0.25) is 0 Å². The first kappa shape index (κ1) is 15.0. The summed E-state index contributed by atoms with van der Waals surface area (Å²) in [5, 5.41) is 10.3. The van der Waals surface area contributed by atoms with Gasteiger partial charge in [0.15, 0.2) is 0 Å². The van der Waals surface area contributed by atoms with Gasteiger partial charge in [0.25, 0.3) is 0 Å². The molecular weight excluding hydrogens is 314 g/mol. The maximum absolute atomic E-state index is 11.7. The van der Waals surface area contributed by atoms with E-state index in [2.05, 4.69) is 9.88 Å². The predicted octanol–water partition coefficient (Wildman–Crippen LogP) is 3.21. The number of carboxylic acid groups (broad SMARTS) is 1. The maximum atomic E-state index is 11.7. The molecule has 0 radical (unpaired) electrons. The van der Waals surface area contributed by atoms with Crippen molar-refractivity contribution in [3.05, 3.63) is 35.2 Å². The lowest BCUT2D eigenvalue weighted by atomic mass is 9.85. The molecule has 0 aromatic carbocycles. The molecule has 3 atom stereocenters. The van der Waals surface area contributed by atoms with E-state index in [1.807, 2.05) is 28.9 Å². The van der Waals surface area contributed by atoms with Crippen molar-refractivity contribution in [2.24, 2.45) is 5.92 Å². The van der Waals surface area contributed by atoms with E-state index in [9.17, 15) is 9.90 Å². The standard InChI is InChI=1S/C17H20ClN3O2/c18-12-5-6-16-19-13(9-20(16)8-12)10-21-14-4-2-1-3-11(14)7-15(21)17(22)23/h5-6,8-9,11,14-15H,1-4,7,10H2,(H,22,23). The Morgan fingerprint density at radius 1 is 1.30 bits per heavy atom. The summed E-state index contributed by atoms with van der Waals surface area (Å²) in [4.78, 5) is 18.5. The van der Waals surface area contributed by atoms with Gasteiger partial charge in [0.1, 0.15) is 11.7 Å². The first-order valence-electron chi connectivity index (χ1n) is 8.23. The summed E-state index contributed by atoms with van der Waals surface area (Å²) in [6, 6.07) is 3.71. The maximum Gasteiger partial charge on any atom is 0.320 e. The van der Waals surface area contributed by atoms with Crippen LogP contribution in [0.15, 0.2) is 24.5 Å². The summed E-state index contributed by atoms with van der Waals surface area (Å²) < 4.78 is 1.90. The van der Waals surface area contributed by atoms with Gasteiger partial charge in [-0.3, -0.25) is 9.69 Å². The van der Waals surface area contributed by atoms with E-state index in [0.717, 1.165) is 30.6 Å². The van der Waals surface area contributed by atoms with Crippen molar-refractivity contribution in [3.63, 3.8) is 0 Å². The molecule has 23 heavy (non-hydrogen) atoms. The molecule has 0 amide bonds. The molecule has 2 aliphatic rings. The van der Waals surface area contributed by atoms with Crippen LogP contribution in [0.5, 0.6) is 0 Å². The number of rotatable bonds is 3.